The number of aromatic nitrogens is 2. The molecule has 0 radical (unpaired) electrons. The van der Waals surface area contributed by atoms with Gasteiger partial charge in [0, 0.05) is 11.2 Å². The Morgan fingerprint density at radius 1 is 1.16 bits per heavy atom. The molecule has 0 bridgehead atoms. The highest BCUT2D eigenvalue weighted by molar-refractivity contribution is 6.63. The fourth-order valence-corrected chi connectivity index (χ4v) is 3.08. The molecule has 25 heavy (non-hydrogen) atoms. The van der Waals surface area contributed by atoms with Crippen molar-refractivity contribution in [2.75, 3.05) is 0 Å². The second-order valence-corrected chi connectivity index (χ2v) is 7.64. The van der Waals surface area contributed by atoms with Crippen molar-refractivity contribution >= 4 is 12.6 Å². The molecule has 2 heterocycles. The van der Waals surface area contributed by atoms with Crippen LogP contribution in [0, 0.1) is 25.2 Å². The van der Waals surface area contributed by atoms with Gasteiger partial charge in [-0.15, -0.1) is 0 Å². The Morgan fingerprint density at radius 2 is 1.80 bits per heavy atom. The van der Waals surface area contributed by atoms with Crippen molar-refractivity contribution in [2.24, 2.45) is 0 Å². The second kappa shape index (κ2) is 6.01. The smallest absolute Gasteiger partial charge is 0.399 e. The maximum absolute atomic E-state index is 9.07. The number of hydrogen-bond acceptors (Lipinski definition) is 4. The first-order valence-corrected chi connectivity index (χ1v) is 8.53. The molecule has 2 aromatic rings. The Labute approximate surface area is 149 Å². The molecule has 5 nitrogen and oxygen atoms in total. The van der Waals surface area contributed by atoms with Crippen LogP contribution in [0.3, 0.4) is 0 Å². The van der Waals surface area contributed by atoms with Crippen molar-refractivity contribution in [3.05, 3.63) is 46.8 Å². The largest absolute Gasteiger partial charge is 0.498 e. The molecule has 0 aliphatic carbocycles. The molecule has 1 aliphatic heterocycles. The number of aryl methyl sites for hydroxylation is 1. The number of nitrogens with zero attached hydrogens (tertiary/aromatic N) is 3. The predicted molar refractivity (Wildman–Crippen MR) is 97.7 cm³/mol. The van der Waals surface area contributed by atoms with Gasteiger partial charge >= 0.3 is 7.12 Å². The van der Waals surface area contributed by atoms with Gasteiger partial charge in [0.05, 0.1) is 35.1 Å². The summed E-state index contributed by atoms with van der Waals surface area (Å²) in [6.45, 7) is 12.8. The first-order chi connectivity index (χ1) is 11.6. The van der Waals surface area contributed by atoms with Crippen molar-refractivity contribution in [3.8, 4) is 6.07 Å². The second-order valence-electron chi connectivity index (χ2n) is 7.64. The Morgan fingerprint density at radius 3 is 2.40 bits per heavy atom. The van der Waals surface area contributed by atoms with Gasteiger partial charge in [-0.3, -0.25) is 4.68 Å². The summed E-state index contributed by atoms with van der Waals surface area (Å²) in [6.07, 6.45) is 0. The number of hydrogen-bond donors (Lipinski definition) is 0. The molecule has 6 heteroatoms. The zero-order chi connectivity index (χ0) is 18.4. The van der Waals surface area contributed by atoms with E-state index >= 15 is 0 Å². The summed E-state index contributed by atoms with van der Waals surface area (Å²) < 4.78 is 14.3. The topological polar surface area (TPSA) is 60.1 Å². The zero-order valence-electron chi connectivity index (χ0n) is 15.8. The lowest BCUT2D eigenvalue weighted by Gasteiger charge is -2.32. The van der Waals surface area contributed by atoms with E-state index in [0.29, 0.717) is 12.1 Å². The summed E-state index contributed by atoms with van der Waals surface area (Å²) in [4.78, 5) is 0. The highest BCUT2D eigenvalue weighted by Gasteiger charge is 2.53. The highest BCUT2D eigenvalue weighted by atomic mass is 16.7. The van der Waals surface area contributed by atoms with E-state index in [2.05, 4.69) is 38.9 Å². The first-order valence-electron chi connectivity index (χ1n) is 8.53. The van der Waals surface area contributed by atoms with Gasteiger partial charge in [0.1, 0.15) is 0 Å². The minimum atomic E-state index is -0.413. The van der Waals surface area contributed by atoms with Crippen LogP contribution in [0.15, 0.2) is 24.3 Å². The number of rotatable bonds is 3. The molecule has 0 atom stereocenters. The number of benzene rings is 1. The lowest BCUT2D eigenvalue weighted by Crippen LogP contribution is -2.41. The molecule has 1 aromatic carbocycles. The van der Waals surface area contributed by atoms with Gasteiger partial charge in [-0.05, 0) is 59.2 Å². The van der Waals surface area contributed by atoms with Crippen LogP contribution in [0.2, 0.25) is 0 Å². The van der Waals surface area contributed by atoms with Gasteiger partial charge in [0.15, 0.2) is 0 Å². The lowest BCUT2D eigenvalue weighted by atomic mass is 9.77. The van der Waals surface area contributed by atoms with Gasteiger partial charge in [0.25, 0.3) is 0 Å². The van der Waals surface area contributed by atoms with Crippen molar-refractivity contribution in [3.63, 3.8) is 0 Å². The van der Waals surface area contributed by atoms with E-state index in [-0.39, 0.29) is 11.2 Å². The van der Waals surface area contributed by atoms with Crippen molar-refractivity contribution in [1.29, 1.82) is 5.26 Å². The van der Waals surface area contributed by atoms with Gasteiger partial charge in [-0.1, -0.05) is 12.1 Å². The molecule has 0 N–H and O–H groups in total. The fraction of sp³-hybridized carbons (Fsp3) is 0.474. The first kappa shape index (κ1) is 17.7. The zero-order valence-corrected chi connectivity index (χ0v) is 15.8. The Hall–Kier alpha value is -2.10. The van der Waals surface area contributed by atoms with Crippen LogP contribution in [0.5, 0.6) is 0 Å². The van der Waals surface area contributed by atoms with Crippen molar-refractivity contribution < 1.29 is 9.31 Å². The highest BCUT2D eigenvalue weighted by Crippen LogP contribution is 2.36. The average molecular weight is 337 g/mol. The molecular formula is C19H24BN3O2. The molecular weight excluding hydrogens is 313 g/mol. The average Bonchev–Trinajstić information content (AvgIpc) is 2.91. The Balaban J connectivity index is 1.91. The minimum absolute atomic E-state index is 0.375. The van der Waals surface area contributed by atoms with Crippen LogP contribution in [-0.2, 0) is 15.9 Å². The van der Waals surface area contributed by atoms with Gasteiger partial charge < -0.3 is 9.31 Å². The van der Waals surface area contributed by atoms with Gasteiger partial charge in [0.2, 0.25) is 0 Å². The summed E-state index contributed by atoms with van der Waals surface area (Å²) in [6, 6.07) is 9.78. The van der Waals surface area contributed by atoms with Crippen LogP contribution in [0.1, 0.15) is 50.2 Å². The van der Waals surface area contributed by atoms with E-state index in [1.54, 1.807) is 6.07 Å². The molecule has 0 amide bonds. The Bertz CT molecular complexity index is 833. The standard InChI is InChI=1S/C19H24BN3O2/c1-13-17(20-24-18(3,4)19(5,6)25-20)14(2)23(22-13)12-16-9-7-8-15(10-16)11-21/h7-10H,12H2,1-6H3. The molecule has 0 saturated carbocycles. The fourth-order valence-electron chi connectivity index (χ4n) is 3.08. The summed E-state index contributed by atoms with van der Waals surface area (Å²) in [5.74, 6) is 0. The molecule has 1 saturated heterocycles. The van der Waals surface area contributed by atoms with Crippen molar-refractivity contribution in [2.45, 2.75) is 59.3 Å². The predicted octanol–water partition coefficient (Wildman–Crippen LogP) is 2.72. The van der Waals surface area contributed by atoms with Crippen molar-refractivity contribution in [1.82, 2.24) is 9.78 Å². The maximum atomic E-state index is 9.07. The third-order valence-electron chi connectivity index (χ3n) is 5.31. The Kier molecular flexibility index (Phi) is 4.26. The van der Waals surface area contributed by atoms with Crippen LogP contribution < -0.4 is 5.46 Å². The normalized spacial score (nSPS) is 18.4. The molecule has 3 rings (SSSR count). The maximum Gasteiger partial charge on any atom is 0.498 e. The SMILES string of the molecule is Cc1nn(Cc2cccc(C#N)c2)c(C)c1B1OC(C)(C)C(C)(C)O1. The molecule has 1 fully saturated rings. The van der Waals surface area contributed by atoms with E-state index in [0.717, 1.165) is 22.4 Å². The quantitative estimate of drug-likeness (QED) is 0.808. The van der Waals surface area contributed by atoms with E-state index in [1.807, 2.05) is 36.7 Å². The lowest BCUT2D eigenvalue weighted by molar-refractivity contribution is 0.00578. The summed E-state index contributed by atoms with van der Waals surface area (Å²) >= 11 is 0. The van der Waals surface area contributed by atoms with E-state index in [1.165, 1.54) is 0 Å². The summed E-state index contributed by atoms with van der Waals surface area (Å²) in [7, 11) is -0.413. The van der Waals surface area contributed by atoms with Crippen LogP contribution in [0.4, 0.5) is 0 Å². The van der Waals surface area contributed by atoms with Gasteiger partial charge in [-0.2, -0.15) is 10.4 Å². The van der Waals surface area contributed by atoms with E-state index in [9.17, 15) is 0 Å². The molecule has 1 aliphatic rings. The van der Waals surface area contributed by atoms with E-state index in [4.69, 9.17) is 14.6 Å². The number of nitriles is 1. The van der Waals surface area contributed by atoms with Crippen LogP contribution in [0.25, 0.3) is 0 Å². The molecule has 0 spiro atoms. The summed E-state index contributed by atoms with van der Waals surface area (Å²) in [5, 5.41) is 13.7. The molecule has 1 aromatic heterocycles. The third kappa shape index (κ3) is 3.10. The van der Waals surface area contributed by atoms with Crippen LogP contribution >= 0.6 is 0 Å². The monoisotopic (exact) mass is 337 g/mol. The van der Waals surface area contributed by atoms with E-state index < -0.39 is 7.12 Å². The third-order valence-corrected chi connectivity index (χ3v) is 5.31. The van der Waals surface area contributed by atoms with Gasteiger partial charge in [-0.25, -0.2) is 0 Å². The summed E-state index contributed by atoms with van der Waals surface area (Å²) in [5.41, 5.74) is 3.88. The minimum Gasteiger partial charge on any atom is -0.399 e. The molecule has 130 valence electrons. The van der Waals surface area contributed by atoms with Crippen LogP contribution in [-0.4, -0.2) is 28.1 Å². The molecule has 0 unspecified atom stereocenters.